The molecule has 1 saturated carbocycles. The van der Waals surface area contributed by atoms with Crippen molar-refractivity contribution < 1.29 is 0 Å². The molecule has 0 N–H and O–H groups in total. The van der Waals surface area contributed by atoms with Crippen molar-refractivity contribution in [3.8, 4) is 6.07 Å². The minimum atomic E-state index is 0.228. The van der Waals surface area contributed by atoms with Crippen LogP contribution >= 0.6 is 0 Å². The zero-order valence-electron chi connectivity index (χ0n) is 18.9. The molecule has 0 amide bonds. The molecule has 1 heteroatoms. The van der Waals surface area contributed by atoms with E-state index in [0.717, 1.165) is 37.2 Å². The van der Waals surface area contributed by atoms with Gasteiger partial charge in [0.05, 0.1) is 11.6 Å². The summed E-state index contributed by atoms with van der Waals surface area (Å²) in [6.07, 6.45) is 22.1. The molecule has 0 bridgehead atoms. The summed E-state index contributed by atoms with van der Waals surface area (Å²) in [5.74, 6) is 1.42. The average molecular weight is 380 g/mol. The minimum absolute atomic E-state index is 0.228. The Hall–Kier alpha value is -1.81. The van der Waals surface area contributed by atoms with E-state index in [1.54, 1.807) is 0 Å². The first-order chi connectivity index (χ1) is 13.4. The van der Waals surface area contributed by atoms with E-state index in [1.165, 1.54) is 36.8 Å². The van der Waals surface area contributed by atoms with Crippen LogP contribution in [0.15, 0.2) is 59.8 Å². The van der Waals surface area contributed by atoms with Gasteiger partial charge in [-0.05, 0) is 75.2 Å². The SMILES string of the molecule is C=C(C/C=C\C)CC(C)(C)CC=CC/C=C(C#N)\C(=C/C)C1CC1CCCC. The lowest BCUT2D eigenvalue weighted by Gasteiger charge is -2.23. The third-order valence-electron chi connectivity index (χ3n) is 5.66. The third kappa shape index (κ3) is 8.92. The molecule has 2 atom stereocenters. The van der Waals surface area contributed by atoms with E-state index in [-0.39, 0.29) is 5.41 Å². The van der Waals surface area contributed by atoms with Gasteiger partial charge in [-0.1, -0.05) is 82.2 Å². The van der Waals surface area contributed by atoms with Gasteiger partial charge in [-0.15, -0.1) is 0 Å². The second kappa shape index (κ2) is 12.6. The molecule has 0 aromatic carbocycles. The monoisotopic (exact) mass is 379 g/mol. The first-order valence-electron chi connectivity index (χ1n) is 11.1. The van der Waals surface area contributed by atoms with E-state index >= 15 is 0 Å². The highest BCUT2D eigenvalue weighted by Crippen LogP contribution is 2.49. The Labute approximate surface area is 174 Å². The van der Waals surface area contributed by atoms with Gasteiger partial charge in [0, 0.05) is 0 Å². The van der Waals surface area contributed by atoms with Crippen LogP contribution in [0.25, 0.3) is 0 Å². The van der Waals surface area contributed by atoms with Gasteiger partial charge in [-0.3, -0.25) is 0 Å². The fourth-order valence-electron chi connectivity index (χ4n) is 4.00. The van der Waals surface area contributed by atoms with Crippen LogP contribution in [0.3, 0.4) is 0 Å². The standard InChI is InChI=1S/C27H41N/c1-7-10-15-22(4)20-27(5,6)18-14-12-13-17-24(21-28)25(9-3)26-19-23(26)16-11-8-2/h7,9-10,12,14,17,23,26H,4,8,11,13,15-16,18-20H2,1-3,5-6H3/b10-7-,14-12?,24-17-,25-9+. The van der Waals surface area contributed by atoms with E-state index in [1.807, 2.05) is 0 Å². The first-order valence-corrected chi connectivity index (χ1v) is 11.1. The van der Waals surface area contributed by atoms with E-state index in [2.05, 4.69) is 83.7 Å². The van der Waals surface area contributed by atoms with Crippen LogP contribution in [0.4, 0.5) is 0 Å². The van der Waals surface area contributed by atoms with Gasteiger partial charge in [-0.2, -0.15) is 5.26 Å². The van der Waals surface area contributed by atoms with Gasteiger partial charge in [0.15, 0.2) is 0 Å². The smallest absolute Gasteiger partial charge is 0.0991 e. The predicted octanol–water partition coefficient (Wildman–Crippen LogP) is 8.48. The molecule has 0 aliphatic heterocycles. The Bertz CT molecular complexity index is 648. The Kier molecular flexibility index (Phi) is 10.9. The highest BCUT2D eigenvalue weighted by Gasteiger charge is 2.39. The van der Waals surface area contributed by atoms with Crippen LogP contribution in [0.5, 0.6) is 0 Å². The Balaban J connectivity index is 2.52. The highest BCUT2D eigenvalue weighted by molar-refractivity contribution is 5.45. The van der Waals surface area contributed by atoms with Crippen molar-refractivity contribution in [2.45, 2.75) is 86.0 Å². The topological polar surface area (TPSA) is 23.8 Å². The number of nitriles is 1. The van der Waals surface area contributed by atoms with Crippen molar-refractivity contribution in [2.75, 3.05) is 0 Å². The second-order valence-electron chi connectivity index (χ2n) is 8.99. The molecule has 1 rings (SSSR count). The van der Waals surface area contributed by atoms with Crippen LogP contribution in [0.2, 0.25) is 0 Å². The summed E-state index contributed by atoms with van der Waals surface area (Å²) in [6, 6.07) is 2.44. The molecule has 0 radical (unpaired) electrons. The molecule has 1 nitrogen and oxygen atoms in total. The molecule has 2 unspecified atom stereocenters. The average Bonchev–Trinajstić information content (AvgIpc) is 3.42. The predicted molar refractivity (Wildman–Crippen MR) is 124 cm³/mol. The fraction of sp³-hybridized carbons (Fsp3) is 0.593. The van der Waals surface area contributed by atoms with Gasteiger partial charge in [-0.25, -0.2) is 0 Å². The Morgan fingerprint density at radius 1 is 1.21 bits per heavy atom. The Morgan fingerprint density at radius 3 is 2.57 bits per heavy atom. The van der Waals surface area contributed by atoms with Gasteiger partial charge in [0.25, 0.3) is 0 Å². The zero-order chi connectivity index (χ0) is 21.0. The third-order valence-corrected chi connectivity index (χ3v) is 5.66. The normalized spacial score (nSPS) is 20.7. The maximum Gasteiger partial charge on any atom is 0.0991 e. The summed E-state index contributed by atoms with van der Waals surface area (Å²) in [5.41, 5.74) is 3.68. The maximum atomic E-state index is 9.62. The van der Waals surface area contributed by atoms with E-state index < -0.39 is 0 Å². The number of allylic oxidation sites excluding steroid dienone is 9. The fourth-order valence-corrected chi connectivity index (χ4v) is 4.00. The molecular weight excluding hydrogens is 338 g/mol. The molecule has 154 valence electrons. The van der Waals surface area contributed by atoms with Crippen LogP contribution in [0.1, 0.15) is 86.0 Å². The molecule has 28 heavy (non-hydrogen) atoms. The first kappa shape index (κ1) is 24.2. The molecule has 0 aromatic rings. The summed E-state index contributed by atoms with van der Waals surface area (Å²) in [4.78, 5) is 0. The molecule has 0 aromatic heterocycles. The van der Waals surface area contributed by atoms with Crippen LogP contribution in [-0.2, 0) is 0 Å². The molecule has 1 aliphatic rings. The maximum absolute atomic E-state index is 9.62. The zero-order valence-corrected chi connectivity index (χ0v) is 18.9. The quantitative estimate of drug-likeness (QED) is 0.179. The lowest BCUT2D eigenvalue weighted by atomic mass is 9.82. The van der Waals surface area contributed by atoms with E-state index in [4.69, 9.17) is 0 Å². The number of hydrogen-bond donors (Lipinski definition) is 0. The van der Waals surface area contributed by atoms with Gasteiger partial charge in [0.2, 0.25) is 0 Å². The van der Waals surface area contributed by atoms with Crippen molar-refractivity contribution in [1.82, 2.24) is 0 Å². The molecule has 0 heterocycles. The summed E-state index contributed by atoms with van der Waals surface area (Å²) in [6.45, 7) is 15.2. The van der Waals surface area contributed by atoms with Crippen molar-refractivity contribution >= 4 is 0 Å². The van der Waals surface area contributed by atoms with E-state index in [0.29, 0.717) is 5.92 Å². The Morgan fingerprint density at radius 2 is 1.96 bits per heavy atom. The minimum Gasteiger partial charge on any atom is -0.192 e. The van der Waals surface area contributed by atoms with Gasteiger partial charge in [0.1, 0.15) is 0 Å². The molecule has 1 fully saturated rings. The number of rotatable bonds is 13. The van der Waals surface area contributed by atoms with E-state index in [9.17, 15) is 5.26 Å². The van der Waals surface area contributed by atoms with Gasteiger partial charge >= 0.3 is 0 Å². The van der Waals surface area contributed by atoms with Crippen molar-refractivity contribution in [2.24, 2.45) is 17.3 Å². The molecule has 0 spiro atoms. The van der Waals surface area contributed by atoms with Crippen LogP contribution in [-0.4, -0.2) is 0 Å². The number of unbranched alkanes of at least 4 members (excludes halogenated alkanes) is 1. The molecule has 1 aliphatic carbocycles. The molecular formula is C27H41N. The number of nitrogens with zero attached hydrogens (tertiary/aromatic N) is 1. The number of hydrogen-bond acceptors (Lipinski definition) is 1. The van der Waals surface area contributed by atoms with Crippen molar-refractivity contribution in [3.05, 3.63) is 59.8 Å². The second-order valence-corrected chi connectivity index (χ2v) is 8.99. The highest BCUT2D eigenvalue weighted by atomic mass is 14.4. The lowest BCUT2D eigenvalue weighted by Crippen LogP contribution is -2.10. The summed E-state index contributed by atoms with van der Waals surface area (Å²) in [5, 5.41) is 9.62. The molecule has 0 saturated heterocycles. The summed E-state index contributed by atoms with van der Waals surface area (Å²) in [7, 11) is 0. The van der Waals surface area contributed by atoms with Gasteiger partial charge < -0.3 is 0 Å². The van der Waals surface area contributed by atoms with Crippen LogP contribution < -0.4 is 0 Å². The van der Waals surface area contributed by atoms with Crippen LogP contribution in [0, 0.1) is 28.6 Å². The lowest BCUT2D eigenvalue weighted by molar-refractivity contribution is 0.365. The largest absolute Gasteiger partial charge is 0.192 e. The van der Waals surface area contributed by atoms with Crippen molar-refractivity contribution in [1.29, 1.82) is 5.26 Å². The van der Waals surface area contributed by atoms with Crippen molar-refractivity contribution in [3.63, 3.8) is 0 Å². The summed E-state index contributed by atoms with van der Waals surface area (Å²) < 4.78 is 0. The summed E-state index contributed by atoms with van der Waals surface area (Å²) >= 11 is 0.